The first-order chi connectivity index (χ1) is 6.00. The lowest BCUT2D eigenvalue weighted by molar-refractivity contribution is 0.399. The third-order valence-electron chi connectivity index (χ3n) is 0. The zero-order valence-corrected chi connectivity index (χ0v) is 11.1. The van der Waals surface area contributed by atoms with Crippen molar-refractivity contribution in [1.82, 2.24) is 0 Å². The molecule has 88 valence electrons. The molecular formula is C7H23ClO4S. The van der Waals surface area contributed by atoms with E-state index in [-0.39, 0.29) is 0 Å². The van der Waals surface area contributed by atoms with Crippen LogP contribution in [0.1, 0.15) is 41.5 Å². The van der Waals surface area contributed by atoms with Crippen LogP contribution < -0.4 is 0 Å². The molecule has 0 aliphatic rings. The Balaban J connectivity index is -0.0000000230. The molecule has 0 atom stereocenters. The van der Waals surface area contributed by atoms with Crippen molar-refractivity contribution in [1.29, 1.82) is 0 Å². The minimum atomic E-state index is -4.19. The van der Waals surface area contributed by atoms with E-state index < -0.39 is 9.33 Å². The quantitative estimate of drug-likeness (QED) is 0.503. The zero-order chi connectivity index (χ0) is 12.5. The van der Waals surface area contributed by atoms with Crippen LogP contribution >= 0.6 is 10.7 Å². The zero-order valence-electron chi connectivity index (χ0n) is 9.50. The van der Waals surface area contributed by atoms with Crippen LogP contribution in [-0.2, 0) is 9.33 Å². The van der Waals surface area contributed by atoms with Crippen LogP contribution in [0.25, 0.3) is 0 Å². The summed E-state index contributed by atoms with van der Waals surface area (Å²) >= 11 is 0. The van der Waals surface area contributed by atoms with Crippen molar-refractivity contribution in [3.05, 3.63) is 0 Å². The van der Waals surface area contributed by atoms with Crippen LogP contribution in [0, 0.1) is 0 Å². The van der Waals surface area contributed by atoms with Gasteiger partial charge in [0.2, 0.25) is 0 Å². The molecule has 0 saturated carbocycles. The number of rotatable bonds is 0. The summed E-state index contributed by atoms with van der Waals surface area (Å²) in [5.41, 5.74) is 0. The summed E-state index contributed by atoms with van der Waals surface area (Å²) in [6.07, 6.45) is 0. The van der Waals surface area contributed by atoms with E-state index in [1.165, 1.54) is 0 Å². The highest BCUT2D eigenvalue weighted by molar-refractivity contribution is 8.09. The molecule has 2 N–H and O–H groups in total. The van der Waals surface area contributed by atoms with Crippen LogP contribution in [-0.4, -0.2) is 25.2 Å². The molecule has 0 aromatic rings. The molecule has 0 unspecified atom stereocenters. The molecule has 0 amide bonds. The Morgan fingerprint density at radius 3 is 0.846 bits per heavy atom. The van der Waals surface area contributed by atoms with Crippen molar-refractivity contribution >= 4 is 20.0 Å². The van der Waals surface area contributed by atoms with Gasteiger partial charge in [0.05, 0.1) is 0 Å². The molecule has 0 rings (SSSR count). The van der Waals surface area contributed by atoms with E-state index in [1.807, 2.05) is 41.5 Å². The average molecular weight is 239 g/mol. The number of hydrogen-bond donors (Lipinski definition) is 2. The topological polar surface area (TPSA) is 74.6 Å². The highest BCUT2D eigenvalue weighted by Crippen LogP contribution is 1.82. The van der Waals surface area contributed by atoms with Crippen LogP contribution in [0.2, 0.25) is 0 Å². The Morgan fingerprint density at radius 1 is 0.846 bits per heavy atom. The van der Waals surface area contributed by atoms with Gasteiger partial charge in [-0.2, -0.15) is 8.42 Å². The lowest BCUT2D eigenvalue weighted by atomic mass is 11.0. The van der Waals surface area contributed by atoms with Gasteiger partial charge >= 0.3 is 9.33 Å². The van der Waals surface area contributed by atoms with Crippen LogP contribution in [0.3, 0.4) is 0 Å². The predicted molar refractivity (Wildman–Crippen MR) is 59.6 cm³/mol. The molecule has 0 aliphatic heterocycles. The molecule has 0 aromatic heterocycles. The number of halogens is 1. The first-order valence-electron chi connectivity index (χ1n) is 4.12. The molecule has 0 aliphatic carbocycles. The molecule has 0 saturated heterocycles. The minimum Gasteiger partial charge on any atom is -0.400 e. The van der Waals surface area contributed by atoms with Crippen LogP contribution in [0.4, 0.5) is 0 Å². The van der Waals surface area contributed by atoms with Crippen molar-refractivity contribution in [2.45, 2.75) is 41.5 Å². The van der Waals surface area contributed by atoms with Gasteiger partial charge in [-0.3, -0.25) is 4.55 Å². The summed E-state index contributed by atoms with van der Waals surface area (Å²) in [5.74, 6) is 0. The molecule has 0 spiro atoms. The van der Waals surface area contributed by atoms with Gasteiger partial charge in [-0.05, 0) is 0 Å². The maximum absolute atomic E-state index is 8.95. The van der Waals surface area contributed by atoms with Gasteiger partial charge in [-0.1, -0.05) is 41.5 Å². The molecule has 13 heavy (non-hydrogen) atoms. The summed E-state index contributed by atoms with van der Waals surface area (Å²) in [7, 11) is 0.863. The minimum absolute atomic E-state index is 1.00. The number of aliphatic hydroxyl groups excluding tert-OH is 1. The van der Waals surface area contributed by atoms with Gasteiger partial charge in [-0.25, -0.2) is 0 Å². The fourth-order valence-electron chi connectivity index (χ4n) is 0. The first kappa shape index (κ1) is 29.2. The van der Waals surface area contributed by atoms with E-state index in [1.54, 1.807) is 0 Å². The fraction of sp³-hybridized carbons (Fsp3) is 1.00. The number of aliphatic hydroxyl groups is 1. The third kappa shape index (κ3) is 49000. The molecule has 6 heteroatoms. The monoisotopic (exact) mass is 238 g/mol. The molecule has 0 radical (unpaired) electrons. The summed E-state index contributed by atoms with van der Waals surface area (Å²) in [4.78, 5) is 0. The van der Waals surface area contributed by atoms with Gasteiger partial charge in [-0.15, -0.1) is 0 Å². The lowest BCUT2D eigenvalue weighted by Gasteiger charge is -1.65. The highest BCUT2D eigenvalue weighted by Gasteiger charge is 1.86. The van der Waals surface area contributed by atoms with Crippen molar-refractivity contribution in [3.8, 4) is 0 Å². The lowest BCUT2D eigenvalue weighted by Crippen LogP contribution is -1.77. The van der Waals surface area contributed by atoms with Crippen LogP contribution in [0.15, 0.2) is 0 Å². The van der Waals surface area contributed by atoms with Gasteiger partial charge in [0.15, 0.2) is 0 Å². The average Bonchev–Trinajstić information content (AvgIpc) is 2.14. The molecule has 0 heterocycles. The van der Waals surface area contributed by atoms with Crippen LogP contribution in [0.5, 0.6) is 0 Å². The Hall–Kier alpha value is 0.160. The molecule has 0 fully saturated rings. The van der Waals surface area contributed by atoms with Crippen molar-refractivity contribution in [2.24, 2.45) is 0 Å². The largest absolute Gasteiger partial charge is 0.400 e. The second-order valence-electron chi connectivity index (χ2n) is 0.412. The summed E-state index contributed by atoms with van der Waals surface area (Å²) in [6.45, 7) is 12.0. The molecular weight excluding hydrogens is 216 g/mol. The number of hydrogen-bond acceptors (Lipinski definition) is 3. The van der Waals surface area contributed by atoms with Crippen molar-refractivity contribution < 1.29 is 18.1 Å². The van der Waals surface area contributed by atoms with E-state index in [0.29, 0.717) is 0 Å². The SMILES string of the molecule is CC.CC.CC.CO.O=S(=O)(O)Cl. The normalized spacial score (nSPS) is 6.31. The summed E-state index contributed by atoms with van der Waals surface area (Å²) in [6, 6.07) is 0. The van der Waals surface area contributed by atoms with E-state index in [2.05, 4.69) is 10.7 Å². The van der Waals surface area contributed by atoms with Gasteiger partial charge in [0, 0.05) is 17.8 Å². The summed E-state index contributed by atoms with van der Waals surface area (Å²) in [5, 5.41) is 7.00. The van der Waals surface area contributed by atoms with Gasteiger partial charge in [0.25, 0.3) is 0 Å². The Morgan fingerprint density at radius 2 is 0.846 bits per heavy atom. The molecule has 0 bridgehead atoms. The smallest absolute Gasteiger partial charge is 0.353 e. The molecule has 4 nitrogen and oxygen atoms in total. The van der Waals surface area contributed by atoms with Crippen molar-refractivity contribution in [2.75, 3.05) is 7.11 Å². The maximum Gasteiger partial charge on any atom is 0.353 e. The fourth-order valence-corrected chi connectivity index (χ4v) is 0. The standard InChI is InChI=1S/3C2H6.CH4O.ClHO3S/c4*1-2;1-5(2,3)4/h3*1-2H3;2H,1H3;(H,2,3,4). The Bertz CT molecular complexity index is 104. The molecule has 0 aromatic carbocycles. The highest BCUT2D eigenvalue weighted by atomic mass is 35.7. The van der Waals surface area contributed by atoms with Crippen molar-refractivity contribution in [3.63, 3.8) is 0 Å². The third-order valence-corrected chi connectivity index (χ3v) is 0. The Kier molecular flexibility index (Phi) is 89.7. The predicted octanol–water partition coefficient (Wildman–Crippen LogP) is 2.72. The summed E-state index contributed by atoms with van der Waals surface area (Å²) < 4.78 is 25.2. The van der Waals surface area contributed by atoms with E-state index in [4.69, 9.17) is 18.1 Å². The van der Waals surface area contributed by atoms with E-state index in [9.17, 15) is 0 Å². The van der Waals surface area contributed by atoms with Gasteiger partial charge < -0.3 is 5.11 Å². The maximum atomic E-state index is 8.95. The second-order valence-corrected chi connectivity index (χ2v) is 2.41. The second kappa shape index (κ2) is 39.9. The Labute approximate surface area is 87.2 Å². The first-order valence-corrected chi connectivity index (χ1v) is 6.38. The van der Waals surface area contributed by atoms with E-state index in [0.717, 1.165) is 7.11 Å². The van der Waals surface area contributed by atoms with Gasteiger partial charge in [0.1, 0.15) is 0 Å². The van der Waals surface area contributed by atoms with E-state index >= 15 is 0 Å².